The summed E-state index contributed by atoms with van der Waals surface area (Å²) in [7, 11) is 0. The van der Waals surface area contributed by atoms with Gasteiger partial charge in [0.25, 0.3) is 5.91 Å². The van der Waals surface area contributed by atoms with Crippen LogP contribution in [0, 0.1) is 0 Å². The van der Waals surface area contributed by atoms with E-state index < -0.39 is 17.9 Å². The molecule has 2 amide bonds. The molecule has 3 rings (SSSR count). The Labute approximate surface area is 172 Å². The summed E-state index contributed by atoms with van der Waals surface area (Å²) in [5.74, 6) is -1.02. The Hall–Kier alpha value is -2.39. The summed E-state index contributed by atoms with van der Waals surface area (Å²) in [5, 5.41) is 9.23. The number of hydrogen-bond acceptors (Lipinski definition) is 6. The van der Waals surface area contributed by atoms with Gasteiger partial charge >= 0.3 is 5.97 Å². The number of ether oxygens (including phenoxy) is 1. The predicted molar refractivity (Wildman–Crippen MR) is 110 cm³/mol. The quantitative estimate of drug-likeness (QED) is 0.558. The number of thiocarbonyl (C=S) groups is 1. The Kier molecular flexibility index (Phi) is 6.35. The molecule has 1 aromatic rings. The van der Waals surface area contributed by atoms with Gasteiger partial charge in [-0.05, 0) is 43.5 Å². The molecule has 0 radical (unpaired) electrons. The third-order valence-electron chi connectivity index (χ3n) is 4.51. The molecule has 2 saturated heterocycles. The van der Waals surface area contributed by atoms with Crippen molar-refractivity contribution in [2.45, 2.75) is 25.8 Å². The normalized spacial score (nSPS) is 20.9. The molecular formula is C19H20N2O5S2. The first-order valence-corrected chi connectivity index (χ1v) is 10.1. The lowest BCUT2D eigenvalue weighted by Crippen LogP contribution is -2.46. The van der Waals surface area contributed by atoms with Crippen LogP contribution in [-0.2, 0) is 14.4 Å². The van der Waals surface area contributed by atoms with Crippen molar-refractivity contribution in [3.63, 3.8) is 0 Å². The van der Waals surface area contributed by atoms with E-state index in [9.17, 15) is 19.5 Å². The molecule has 1 unspecified atom stereocenters. The first-order valence-electron chi connectivity index (χ1n) is 8.91. The topological polar surface area (TPSA) is 87.2 Å². The number of likely N-dealkylation sites (tertiary alicyclic amines) is 1. The van der Waals surface area contributed by atoms with E-state index in [4.69, 9.17) is 17.0 Å². The van der Waals surface area contributed by atoms with Crippen molar-refractivity contribution < 1.29 is 24.2 Å². The summed E-state index contributed by atoms with van der Waals surface area (Å²) < 4.78 is 5.69. The van der Waals surface area contributed by atoms with Gasteiger partial charge in [-0.2, -0.15) is 0 Å². The van der Waals surface area contributed by atoms with Crippen LogP contribution in [-0.4, -0.2) is 62.7 Å². The van der Waals surface area contributed by atoms with E-state index in [2.05, 4.69) is 0 Å². The second kappa shape index (κ2) is 8.74. The number of aliphatic carboxylic acids is 1. The summed E-state index contributed by atoms with van der Waals surface area (Å²) in [5.41, 5.74) is 0.820. The molecule has 0 bridgehead atoms. The van der Waals surface area contributed by atoms with Crippen molar-refractivity contribution in [3.8, 4) is 5.75 Å². The number of rotatable bonds is 6. The van der Waals surface area contributed by atoms with Crippen molar-refractivity contribution in [2.24, 2.45) is 0 Å². The number of carbonyl (C=O) groups is 3. The molecule has 9 heteroatoms. The molecule has 2 aliphatic rings. The zero-order chi connectivity index (χ0) is 20.3. The number of hydrogen-bond donors (Lipinski definition) is 1. The minimum Gasteiger partial charge on any atom is -0.494 e. The lowest BCUT2D eigenvalue weighted by Gasteiger charge is -2.24. The van der Waals surface area contributed by atoms with Gasteiger partial charge in [0, 0.05) is 6.54 Å². The highest BCUT2D eigenvalue weighted by Gasteiger charge is 2.38. The maximum absolute atomic E-state index is 12.7. The number of benzene rings is 1. The fraction of sp³-hybridized carbons (Fsp3) is 0.368. The number of thioether (sulfide) groups is 1. The summed E-state index contributed by atoms with van der Waals surface area (Å²) in [6, 6.07) is 6.48. The number of nitrogens with zero attached hydrogens (tertiary/aromatic N) is 2. The molecule has 148 valence electrons. The molecule has 0 spiro atoms. The van der Waals surface area contributed by atoms with Crippen molar-refractivity contribution in [2.75, 3.05) is 19.7 Å². The number of carboxylic acid groups (broad SMARTS) is 1. The monoisotopic (exact) mass is 420 g/mol. The molecule has 2 aliphatic heterocycles. The largest absolute Gasteiger partial charge is 0.494 e. The van der Waals surface area contributed by atoms with Gasteiger partial charge in [-0.1, -0.05) is 36.1 Å². The minimum atomic E-state index is -1.02. The van der Waals surface area contributed by atoms with Crippen molar-refractivity contribution in [1.29, 1.82) is 0 Å². The summed E-state index contributed by atoms with van der Waals surface area (Å²) in [6.07, 6.45) is 2.78. The molecule has 7 nitrogen and oxygen atoms in total. The number of carbonyl (C=O) groups excluding carboxylic acids is 2. The number of carboxylic acids is 1. The van der Waals surface area contributed by atoms with E-state index in [0.29, 0.717) is 35.2 Å². The fourth-order valence-corrected chi connectivity index (χ4v) is 4.42. The minimum absolute atomic E-state index is 0.241. The maximum atomic E-state index is 12.7. The molecule has 2 heterocycles. The molecule has 0 saturated carbocycles. The zero-order valence-electron chi connectivity index (χ0n) is 15.3. The summed E-state index contributed by atoms with van der Waals surface area (Å²) >= 11 is 6.39. The van der Waals surface area contributed by atoms with Crippen molar-refractivity contribution in [1.82, 2.24) is 9.80 Å². The Morgan fingerprint density at radius 2 is 2.07 bits per heavy atom. The maximum Gasteiger partial charge on any atom is 0.326 e. The Morgan fingerprint density at radius 3 is 2.71 bits per heavy atom. The predicted octanol–water partition coefficient (Wildman–Crippen LogP) is 2.36. The van der Waals surface area contributed by atoms with Crippen LogP contribution in [0.3, 0.4) is 0 Å². The summed E-state index contributed by atoms with van der Waals surface area (Å²) in [6.45, 7) is 2.62. The molecule has 0 aliphatic carbocycles. The van der Waals surface area contributed by atoms with Crippen LogP contribution in [0.1, 0.15) is 25.3 Å². The molecular weight excluding hydrogens is 400 g/mol. The van der Waals surface area contributed by atoms with Gasteiger partial charge in [0.05, 0.1) is 11.5 Å². The van der Waals surface area contributed by atoms with Gasteiger partial charge in [0.15, 0.2) is 0 Å². The average Bonchev–Trinajstić information content (AvgIpc) is 3.25. The molecule has 1 aromatic carbocycles. The van der Waals surface area contributed by atoms with E-state index in [-0.39, 0.29) is 12.5 Å². The smallest absolute Gasteiger partial charge is 0.326 e. The van der Waals surface area contributed by atoms with E-state index in [1.165, 1.54) is 9.80 Å². The first kappa shape index (κ1) is 20.3. The lowest BCUT2D eigenvalue weighted by molar-refractivity contribution is -0.148. The second-order valence-corrected chi connectivity index (χ2v) is 8.03. The van der Waals surface area contributed by atoms with Crippen LogP contribution in [0.15, 0.2) is 29.2 Å². The standard InChI is InChI=1S/C19H20N2O5S2/c1-2-26-13-7-5-12(6-8-13)10-15-17(23)21(19(27)28-15)11-16(22)20-9-3-4-14(20)18(24)25/h5-8,10,14H,2-4,9,11H2,1H3,(H,24,25). The highest BCUT2D eigenvalue weighted by Crippen LogP contribution is 2.33. The van der Waals surface area contributed by atoms with Crippen LogP contribution >= 0.6 is 24.0 Å². The van der Waals surface area contributed by atoms with Crippen LogP contribution in [0.25, 0.3) is 6.08 Å². The highest BCUT2D eigenvalue weighted by molar-refractivity contribution is 8.26. The first-order chi connectivity index (χ1) is 13.4. The van der Waals surface area contributed by atoms with Gasteiger partial charge < -0.3 is 14.7 Å². The van der Waals surface area contributed by atoms with Crippen LogP contribution in [0.4, 0.5) is 0 Å². The zero-order valence-corrected chi connectivity index (χ0v) is 16.9. The Balaban J connectivity index is 1.69. The third-order valence-corrected chi connectivity index (χ3v) is 5.89. The van der Waals surface area contributed by atoms with E-state index >= 15 is 0 Å². The average molecular weight is 421 g/mol. The van der Waals surface area contributed by atoms with Gasteiger partial charge in [0.1, 0.15) is 22.7 Å². The van der Waals surface area contributed by atoms with Gasteiger partial charge in [-0.15, -0.1) is 0 Å². The van der Waals surface area contributed by atoms with Gasteiger partial charge in [-0.25, -0.2) is 4.79 Å². The van der Waals surface area contributed by atoms with Crippen molar-refractivity contribution >= 4 is 52.2 Å². The molecule has 1 atom stereocenters. The highest BCUT2D eigenvalue weighted by atomic mass is 32.2. The van der Waals surface area contributed by atoms with Gasteiger partial charge in [0.2, 0.25) is 5.91 Å². The molecule has 2 fully saturated rings. The lowest BCUT2D eigenvalue weighted by atomic mass is 10.2. The molecule has 1 N–H and O–H groups in total. The Bertz CT molecular complexity index is 837. The molecule has 0 aromatic heterocycles. The molecule has 28 heavy (non-hydrogen) atoms. The van der Waals surface area contributed by atoms with Crippen LogP contribution < -0.4 is 4.74 Å². The SMILES string of the molecule is CCOc1ccc(C=C2SC(=S)N(CC(=O)N3CCCC3C(=O)O)C2=O)cc1. The van der Waals surface area contributed by atoms with Gasteiger partial charge in [-0.3, -0.25) is 14.5 Å². The van der Waals surface area contributed by atoms with Crippen LogP contribution in [0.2, 0.25) is 0 Å². The second-order valence-electron chi connectivity index (χ2n) is 6.35. The van der Waals surface area contributed by atoms with Crippen molar-refractivity contribution in [3.05, 3.63) is 34.7 Å². The van der Waals surface area contributed by atoms with E-state index in [1.807, 2.05) is 31.2 Å². The van der Waals surface area contributed by atoms with E-state index in [0.717, 1.165) is 23.1 Å². The number of amides is 2. The summed E-state index contributed by atoms with van der Waals surface area (Å²) in [4.78, 5) is 39.5. The van der Waals surface area contributed by atoms with Crippen LogP contribution in [0.5, 0.6) is 5.75 Å². The van der Waals surface area contributed by atoms with E-state index in [1.54, 1.807) is 6.08 Å². The third kappa shape index (κ3) is 4.36. The fourth-order valence-electron chi connectivity index (χ4n) is 3.16. The Morgan fingerprint density at radius 1 is 1.36 bits per heavy atom.